The monoisotopic (exact) mass is 253 g/mol. The van der Waals surface area contributed by atoms with E-state index in [1.165, 1.54) is 0 Å². The van der Waals surface area contributed by atoms with Crippen LogP contribution in [0, 0.1) is 0 Å². The molecule has 0 aromatic rings. The molecule has 0 saturated carbocycles. The Balaban J connectivity index is 1.76. The molecule has 0 spiro atoms. The quantitative estimate of drug-likeness (QED) is 0.788. The van der Waals surface area contributed by atoms with Crippen molar-refractivity contribution in [2.45, 2.75) is 44.6 Å². The Labute approximate surface area is 108 Å². The number of hydrogen-bond donors (Lipinski definition) is 1. The van der Waals surface area contributed by atoms with Crippen molar-refractivity contribution >= 4 is 11.8 Å². The second-order valence-electron chi connectivity index (χ2n) is 5.33. The van der Waals surface area contributed by atoms with E-state index in [0.717, 1.165) is 38.8 Å². The van der Waals surface area contributed by atoms with E-state index in [4.69, 9.17) is 5.73 Å². The van der Waals surface area contributed by atoms with Crippen molar-refractivity contribution in [3.63, 3.8) is 0 Å². The SMILES string of the molecule is NC1CCN(C(=O)CCN2CCCCCC2=O)C1. The summed E-state index contributed by atoms with van der Waals surface area (Å²) < 4.78 is 0. The number of likely N-dealkylation sites (tertiary alicyclic amines) is 2. The highest BCUT2D eigenvalue weighted by Gasteiger charge is 2.24. The summed E-state index contributed by atoms with van der Waals surface area (Å²) >= 11 is 0. The Bertz CT molecular complexity index is 319. The number of carbonyl (C=O) groups is 2. The van der Waals surface area contributed by atoms with E-state index in [0.29, 0.717) is 25.9 Å². The lowest BCUT2D eigenvalue weighted by Gasteiger charge is -2.22. The summed E-state index contributed by atoms with van der Waals surface area (Å²) in [6, 6.07) is 0.133. The van der Waals surface area contributed by atoms with Gasteiger partial charge >= 0.3 is 0 Å². The van der Waals surface area contributed by atoms with Crippen LogP contribution in [0.15, 0.2) is 0 Å². The lowest BCUT2D eigenvalue weighted by Crippen LogP contribution is -2.37. The largest absolute Gasteiger partial charge is 0.342 e. The van der Waals surface area contributed by atoms with E-state index >= 15 is 0 Å². The molecule has 0 bridgehead atoms. The molecule has 2 fully saturated rings. The summed E-state index contributed by atoms with van der Waals surface area (Å²) in [6.45, 7) is 2.83. The zero-order chi connectivity index (χ0) is 13.0. The summed E-state index contributed by atoms with van der Waals surface area (Å²) in [5.74, 6) is 0.346. The molecule has 18 heavy (non-hydrogen) atoms. The number of carbonyl (C=O) groups excluding carboxylic acids is 2. The molecule has 1 atom stereocenters. The average molecular weight is 253 g/mol. The van der Waals surface area contributed by atoms with Gasteiger partial charge in [-0.1, -0.05) is 6.42 Å². The molecule has 5 heteroatoms. The first-order chi connectivity index (χ1) is 8.66. The lowest BCUT2D eigenvalue weighted by molar-refractivity contribution is -0.133. The maximum atomic E-state index is 12.0. The van der Waals surface area contributed by atoms with Crippen molar-refractivity contribution in [2.24, 2.45) is 5.73 Å². The Morgan fingerprint density at radius 1 is 1.28 bits per heavy atom. The topological polar surface area (TPSA) is 66.6 Å². The van der Waals surface area contributed by atoms with Crippen molar-refractivity contribution in [1.29, 1.82) is 0 Å². The average Bonchev–Trinajstić information content (AvgIpc) is 2.68. The standard InChI is InChI=1S/C13H23N3O2/c14-11-5-8-16(10-11)13(18)6-9-15-7-3-1-2-4-12(15)17/h11H,1-10,14H2. The van der Waals surface area contributed by atoms with E-state index in [-0.39, 0.29) is 17.9 Å². The van der Waals surface area contributed by atoms with Crippen molar-refractivity contribution in [3.8, 4) is 0 Å². The van der Waals surface area contributed by atoms with Crippen LogP contribution in [0.1, 0.15) is 38.5 Å². The van der Waals surface area contributed by atoms with E-state index in [1.807, 2.05) is 9.80 Å². The molecule has 5 nitrogen and oxygen atoms in total. The molecule has 0 aliphatic carbocycles. The molecule has 2 amide bonds. The predicted molar refractivity (Wildman–Crippen MR) is 68.8 cm³/mol. The fourth-order valence-corrected chi connectivity index (χ4v) is 2.68. The number of nitrogens with zero attached hydrogens (tertiary/aromatic N) is 2. The first-order valence-electron chi connectivity index (χ1n) is 6.98. The van der Waals surface area contributed by atoms with Gasteiger partial charge in [-0.2, -0.15) is 0 Å². The van der Waals surface area contributed by atoms with Crippen molar-refractivity contribution in [1.82, 2.24) is 9.80 Å². The summed E-state index contributed by atoms with van der Waals surface area (Å²) in [7, 11) is 0. The van der Waals surface area contributed by atoms with Crippen LogP contribution < -0.4 is 5.73 Å². The first kappa shape index (κ1) is 13.3. The van der Waals surface area contributed by atoms with Crippen LogP contribution in [0.25, 0.3) is 0 Å². The van der Waals surface area contributed by atoms with E-state index in [2.05, 4.69) is 0 Å². The number of amides is 2. The number of rotatable bonds is 3. The van der Waals surface area contributed by atoms with Gasteiger partial charge in [0.2, 0.25) is 11.8 Å². The van der Waals surface area contributed by atoms with Crippen molar-refractivity contribution < 1.29 is 9.59 Å². The highest BCUT2D eigenvalue weighted by atomic mass is 16.2. The van der Waals surface area contributed by atoms with Crippen LogP contribution in [0.2, 0.25) is 0 Å². The zero-order valence-corrected chi connectivity index (χ0v) is 10.9. The number of nitrogens with two attached hydrogens (primary N) is 1. The van der Waals surface area contributed by atoms with Crippen LogP contribution in [0.5, 0.6) is 0 Å². The van der Waals surface area contributed by atoms with E-state index in [1.54, 1.807) is 0 Å². The molecule has 1 unspecified atom stereocenters. The van der Waals surface area contributed by atoms with Gasteiger partial charge in [0.15, 0.2) is 0 Å². The number of hydrogen-bond acceptors (Lipinski definition) is 3. The molecule has 102 valence electrons. The smallest absolute Gasteiger partial charge is 0.224 e. The molecule has 2 heterocycles. The van der Waals surface area contributed by atoms with Gasteiger partial charge in [0.1, 0.15) is 0 Å². The van der Waals surface area contributed by atoms with Crippen LogP contribution in [-0.4, -0.2) is 53.8 Å². The molecular weight excluding hydrogens is 230 g/mol. The highest BCUT2D eigenvalue weighted by Crippen LogP contribution is 2.13. The minimum absolute atomic E-state index is 0.133. The predicted octanol–water partition coefficient (Wildman–Crippen LogP) is 0.339. The molecule has 0 aromatic carbocycles. The van der Waals surface area contributed by atoms with E-state index in [9.17, 15) is 9.59 Å². The van der Waals surface area contributed by atoms with E-state index < -0.39 is 0 Å². The van der Waals surface area contributed by atoms with Crippen LogP contribution in [-0.2, 0) is 9.59 Å². The molecule has 2 aliphatic rings. The van der Waals surface area contributed by atoms with Gasteiger partial charge in [0, 0.05) is 45.1 Å². The third-order valence-electron chi connectivity index (χ3n) is 3.84. The van der Waals surface area contributed by atoms with Gasteiger partial charge in [-0.15, -0.1) is 0 Å². The Morgan fingerprint density at radius 2 is 2.11 bits per heavy atom. The Kier molecular flexibility index (Phi) is 4.58. The van der Waals surface area contributed by atoms with Gasteiger partial charge < -0.3 is 15.5 Å². The molecule has 0 aromatic heterocycles. The van der Waals surface area contributed by atoms with Crippen molar-refractivity contribution in [2.75, 3.05) is 26.2 Å². The van der Waals surface area contributed by atoms with Gasteiger partial charge in [-0.25, -0.2) is 0 Å². The molecule has 2 rings (SSSR count). The fourth-order valence-electron chi connectivity index (χ4n) is 2.68. The summed E-state index contributed by atoms with van der Waals surface area (Å²) in [6.07, 6.45) is 5.16. The molecule has 2 aliphatic heterocycles. The van der Waals surface area contributed by atoms with Gasteiger partial charge in [-0.05, 0) is 19.3 Å². The molecule has 0 radical (unpaired) electrons. The van der Waals surface area contributed by atoms with Gasteiger partial charge in [0.05, 0.1) is 0 Å². The Hall–Kier alpha value is -1.10. The minimum Gasteiger partial charge on any atom is -0.342 e. The van der Waals surface area contributed by atoms with Gasteiger partial charge in [-0.3, -0.25) is 9.59 Å². The lowest BCUT2D eigenvalue weighted by atomic mass is 10.2. The summed E-state index contributed by atoms with van der Waals surface area (Å²) in [4.78, 5) is 27.4. The maximum Gasteiger partial charge on any atom is 0.224 e. The maximum absolute atomic E-state index is 12.0. The van der Waals surface area contributed by atoms with Crippen LogP contribution in [0.4, 0.5) is 0 Å². The molecule has 2 N–H and O–H groups in total. The van der Waals surface area contributed by atoms with Crippen LogP contribution in [0.3, 0.4) is 0 Å². The normalized spacial score (nSPS) is 25.4. The summed E-state index contributed by atoms with van der Waals surface area (Å²) in [5.41, 5.74) is 5.79. The first-order valence-corrected chi connectivity index (χ1v) is 6.98. The second-order valence-corrected chi connectivity index (χ2v) is 5.33. The highest BCUT2D eigenvalue weighted by molar-refractivity contribution is 5.79. The van der Waals surface area contributed by atoms with Gasteiger partial charge in [0.25, 0.3) is 0 Å². The third-order valence-corrected chi connectivity index (χ3v) is 3.84. The third kappa shape index (κ3) is 3.45. The summed E-state index contributed by atoms with van der Waals surface area (Å²) in [5, 5.41) is 0. The fraction of sp³-hybridized carbons (Fsp3) is 0.846. The second kappa shape index (κ2) is 6.18. The molecule has 2 saturated heterocycles. The van der Waals surface area contributed by atoms with Crippen molar-refractivity contribution in [3.05, 3.63) is 0 Å². The van der Waals surface area contributed by atoms with Crippen LogP contribution >= 0.6 is 0 Å². The Morgan fingerprint density at radius 3 is 2.83 bits per heavy atom. The molecular formula is C13H23N3O2. The zero-order valence-electron chi connectivity index (χ0n) is 10.9. The minimum atomic E-state index is 0.133.